The number of nitrogens with zero attached hydrogens (tertiary/aromatic N) is 1. The second kappa shape index (κ2) is 11.6. The molecule has 136 valence electrons. The van der Waals surface area contributed by atoms with E-state index < -0.39 is 6.61 Å². The first-order valence-electron chi connectivity index (χ1n) is 7.62. The van der Waals surface area contributed by atoms with E-state index in [2.05, 4.69) is 20.4 Å². The predicted octanol–water partition coefficient (Wildman–Crippen LogP) is 1.92. The van der Waals surface area contributed by atoms with Crippen LogP contribution in [0.25, 0.3) is 0 Å². The standard InChI is InChI=1S/C16H25F2N3O3/c1-12-4-5-14(24-15(17)18)13(10-12)11-21-16(19-2)20-6-7-23-9-8-22-3/h4-5,10,15H,6-9,11H2,1-3H3,(H2,19,20,21). The van der Waals surface area contributed by atoms with Crippen molar-refractivity contribution in [3.05, 3.63) is 29.3 Å². The maximum atomic E-state index is 12.5. The van der Waals surface area contributed by atoms with E-state index in [0.717, 1.165) is 5.56 Å². The molecular weight excluding hydrogens is 320 g/mol. The number of aryl methyl sites for hydroxylation is 1. The van der Waals surface area contributed by atoms with Gasteiger partial charge in [0, 0.05) is 32.8 Å². The minimum absolute atomic E-state index is 0.154. The van der Waals surface area contributed by atoms with Crippen LogP contribution >= 0.6 is 0 Å². The fourth-order valence-electron chi connectivity index (χ4n) is 1.94. The van der Waals surface area contributed by atoms with Crippen LogP contribution in [0.2, 0.25) is 0 Å². The van der Waals surface area contributed by atoms with Gasteiger partial charge in [-0.15, -0.1) is 0 Å². The molecule has 24 heavy (non-hydrogen) atoms. The van der Waals surface area contributed by atoms with Gasteiger partial charge in [-0.05, 0) is 13.0 Å². The van der Waals surface area contributed by atoms with Gasteiger partial charge in [0.15, 0.2) is 5.96 Å². The highest BCUT2D eigenvalue weighted by Gasteiger charge is 2.10. The summed E-state index contributed by atoms with van der Waals surface area (Å²) in [5, 5.41) is 6.14. The van der Waals surface area contributed by atoms with Crippen molar-refractivity contribution in [3.63, 3.8) is 0 Å². The van der Waals surface area contributed by atoms with Gasteiger partial charge in [-0.25, -0.2) is 0 Å². The molecule has 0 fully saturated rings. The molecule has 0 radical (unpaired) electrons. The summed E-state index contributed by atoms with van der Waals surface area (Å²) < 4.78 is 39.7. The van der Waals surface area contributed by atoms with Crippen LogP contribution in [0.15, 0.2) is 23.2 Å². The molecule has 0 heterocycles. The van der Waals surface area contributed by atoms with Gasteiger partial charge in [-0.1, -0.05) is 17.7 Å². The molecule has 0 unspecified atom stereocenters. The molecule has 0 amide bonds. The highest BCUT2D eigenvalue weighted by molar-refractivity contribution is 5.79. The number of ether oxygens (including phenoxy) is 3. The van der Waals surface area contributed by atoms with Gasteiger partial charge < -0.3 is 24.8 Å². The summed E-state index contributed by atoms with van der Waals surface area (Å²) in [6.45, 7) is 1.50. The van der Waals surface area contributed by atoms with E-state index in [4.69, 9.17) is 9.47 Å². The lowest BCUT2D eigenvalue weighted by Crippen LogP contribution is -2.38. The maximum Gasteiger partial charge on any atom is 0.387 e. The Bertz CT molecular complexity index is 513. The van der Waals surface area contributed by atoms with Crippen molar-refractivity contribution in [3.8, 4) is 5.75 Å². The highest BCUT2D eigenvalue weighted by Crippen LogP contribution is 2.21. The predicted molar refractivity (Wildman–Crippen MR) is 88.7 cm³/mol. The van der Waals surface area contributed by atoms with Crippen LogP contribution in [-0.4, -0.2) is 53.1 Å². The van der Waals surface area contributed by atoms with Gasteiger partial charge in [0.2, 0.25) is 0 Å². The number of benzene rings is 1. The van der Waals surface area contributed by atoms with Gasteiger partial charge in [0.05, 0.1) is 19.8 Å². The maximum absolute atomic E-state index is 12.5. The molecule has 0 aliphatic rings. The van der Waals surface area contributed by atoms with E-state index in [1.807, 2.05) is 6.92 Å². The third-order valence-corrected chi connectivity index (χ3v) is 3.07. The number of methoxy groups -OCH3 is 1. The summed E-state index contributed by atoms with van der Waals surface area (Å²) in [4.78, 5) is 4.08. The zero-order chi connectivity index (χ0) is 17.8. The van der Waals surface area contributed by atoms with Crippen molar-refractivity contribution >= 4 is 5.96 Å². The summed E-state index contributed by atoms with van der Waals surface area (Å²) in [5.41, 5.74) is 1.59. The van der Waals surface area contributed by atoms with Crippen LogP contribution in [0, 0.1) is 6.92 Å². The molecule has 1 aromatic carbocycles. The van der Waals surface area contributed by atoms with E-state index >= 15 is 0 Å². The van der Waals surface area contributed by atoms with Gasteiger partial charge in [0.1, 0.15) is 5.75 Å². The number of rotatable bonds is 10. The molecule has 2 N–H and O–H groups in total. The summed E-state index contributed by atoms with van der Waals surface area (Å²) >= 11 is 0. The van der Waals surface area contributed by atoms with Crippen LogP contribution in [-0.2, 0) is 16.0 Å². The average molecular weight is 345 g/mol. The van der Waals surface area contributed by atoms with E-state index in [-0.39, 0.29) is 5.75 Å². The number of alkyl halides is 2. The van der Waals surface area contributed by atoms with E-state index in [0.29, 0.717) is 44.4 Å². The molecule has 0 bridgehead atoms. The lowest BCUT2D eigenvalue weighted by molar-refractivity contribution is -0.0504. The molecule has 0 aliphatic carbocycles. The van der Waals surface area contributed by atoms with Gasteiger partial charge in [0.25, 0.3) is 0 Å². The van der Waals surface area contributed by atoms with Gasteiger partial charge >= 0.3 is 6.61 Å². The van der Waals surface area contributed by atoms with Crippen LogP contribution in [0.3, 0.4) is 0 Å². The van der Waals surface area contributed by atoms with Crippen molar-refractivity contribution < 1.29 is 23.0 Å². The fourth-order valence-corrected chi connectivity index (χ4v) is 1.94. The summed E-state index contributed by atoms with van der Waals surface area (Å²) in [6, 6.07) is 5.07. The lowest BCUT2D eigenvalue weighted by atomic mass is 10.1. The molecule has 0 saturated carbocycles. The zero-order valence-electron chi connectivity index (χ0n) is 14.3. The Morgan fingerprint density at radius 2 is 2.00 bits per heavy atom. The molecule has 1 aromatic rings. The van der Waals surface area contributed by atoms with Crippen LogP contribution in [0.5, 0.6) is 5.75 Å². The molecule has 0 spiro atoms. The quantitative estimate of drug-likeness (QED) is 0.385. The smallest absolute Gasteiger partial charge is 0.387 e. The normalized spacial score (nSPS) is 11.7. The average Bonchev–Trinajstić information content (AvgIpc) is 2.55. The van der Waals surface area contributed by atoms with E-state index in [9.17, 15) is 8.78 Å². The zero-order valence-corrected chi connectivity index (χ0v) is 14.3. The second-order valence-corrected chi connectivity index (χ2v) is 4.95. The number of halogens is 2. The molecule has 0 saturated heterocycles. The molecule has 0 aliphatic heterocycles. The van der Waals surface area contributed by atoms with E-state index in [1.54, 1.807) is 32.4 Å². The fraction of sp³-hybridized carbons (Fsp3) is 0.562. The number of hydrogen-bond donors (Lipinski definition) is 2. The first-order valence-corrected chi connectivity index (χ1v) is 7.62. The van der Waals surface area contributed by atoms with Crippen molar-refractivity contribution in [2.75, 3.05) is 40.5 Å². The molecule has 0 atom stereocenters. The number of nitrogens with one attached hydrogen (secondary N) is 2. The highest BCUT2D eigenvalue weighted by atomic mass is 19.3. The first kappa shape index (κ1) is 20.1. The van der Waals surface area contributed by atoms with Gasteiger partial charge in [-0.2, -0.15) is 8.78 Å². The Hall–Kier alpha value is -1.93. The van der Waals surface area contributed by atoms with Crippen molar-refractivity contribution in [2.24, 2.45) is 4.99 Å². The summed E-state index contributed by atoms with van der Waals surface area (Å²) in [6.07, 6.45) is 0. The van der Waals surface area contributed by atoms with Crippen molar-refractivity contribution in [1.29, 1.82) is 0 Å². The lowest BCUT2D eigenvalue weighted by Gasteiger charge is -2.15. The third-order valence-electron chi connectivity index (χ3n) is 3.07. The molecule has 8 heteroatoms. The largest absolute Gasteiger partial charge is 0.434 e. The third kappa shape index (κ3) is 8.07. The topological polar surface area (TPSA) is 64.1 Å². The van der Waals surface area contributed by atoms with Crippen LogP contribution in [0.4, 0.5) is 8.78 Å². The Balaban J connectivity index is 2.46. The van der Waals surface area contributed by atoms with Gasteiger partial charge in [-0.3, -0.25) is 4.99 Å². The Morgan fingerprint density at radius 1 is 1.21 bits per heavy atom. The monoisotopic (exact) mass is 345 g/mol. The molecular formula is C16H25F2N3O3. The SMILES string of the molecule is CN=C(NCCOCCOC)NCc1cc(C)ccc1OC(F)F. The van der Waals surface area contributed by atoms with E-state index in [1.165, 1.54) is 0 Å². The van der Waals surface area contributed by atoms with Crippen molar-refractivity contribution in [2.45, 2.75) is 20.1 Å². The summed E-state index contributed by atoms with van der Waals surface area (Å²) in [5.74, 6) is 0.705. The first-order chi connectivity index (χ1) is 11.6. The minimum atomic E-state index is -2.85. The number of guanidine groups is 1. The van der Waals surface area contributed by atoms with Crippen LogP contribution in [0.1, 0.15) is 11.1 Å². The molecule has 0 aromatic heterocycles. The Kier molecular flexibility index (Phi) is 9.71. The number of hydrogen-bond acceptors (Lipinski definition) is 4. The van der Waals surface area contributed by atoms with Crippen LogP contribution < -0.4 is 15.4 Å². The minimum Gasteiger partial charge on any atom is -0.434 e. The molecule has 6 nitrogen and oxygen atoms in total. The number of aliphatic imine (C=N–C) groups is 1. The Labute approximate surface area is 141 Å². The molecule has 1 rings (SSSR count). The summed E-state index contributed by atoms with van der Waals surface area (Å²) in [7, 11) is 3.25. The Morgan fingerprint density at radius 3 is 2.67 bits per heavy atom. The van der Waals surface area contributed by atoms with Crippen molar-refractivity contribution in [1.82, 2.24) is 10.6 Å². The second-order valence-electron chi connectivity index (χ2n) is 4.95.